The Kier molecular flexibility index (Phi) is 5.09. The van der Waals surface area contributed by atoms with Crippen LogP contribution in [0.5, 0.6) is 0 Å². The highest BCUT2D eigenvalue weighted by atomic mass is 35.5. The maximum Gasteiger partial charge on any atom is 0.255 e. The van der Waals surface area contributed by atoms with Crippen molar-refractivity contribution in [1.29, 1.82) is 0 Å². The number of methoxy groups -OCH3 is 1. The van der Waals surface area contributed by atoms with Gasteiger partial charge in [0, 0.05) is 18.9 Å². The third-order valence-electron chi connectivity index (χ3n) is 2.62. The molecule has 2 heterocycles. The van der Waals surface area contributed by atoms with E-state index in [9.17, 15) is 4.79 Å². The summed E-state index contributed by atoms with van der Waals surface area (Å²) in [4.78, 5) is 16.0. The summed E-state index contributed by atoms with van der Waals surface area (Å²) < 4.78 is 6.63. The Balaban J connectivity index is 2.07. The van der Waals surface area contributed by atoms with E-state index in [-0.39, 0.29) is 11.1 Å². The molecule has 112 valence electrons. The van der Waals surface area contributed by atoms with Crippen LogP contribution < -0.4 is 16.6 Å². The monoisotopic (exact) mass is 310 g/mol. The van der Waals surface area contributed by atoms with Crippen LogP contribution in [0.15, 0.2) is 24.5 Å². The molecule has 21 heavy (non-hydrogen) atoms. The molecule has 2 aromatic heterocycles. The van der Waals surface area contributed by atoms with Gasteiger partial charge in [-0.15, -0.1) is 0 Å². The molecular formula is C12H15ClN6O2. The van der Waals surface area contributed by atoms with Gasteiger partial charge in [0.05, 0.1) is 25.0 Å². The molecule has 8 nitrogen and oxygen atoms in total. The van der Waals surface area contributed by atoms with Gasteiger partial charge in [0.2, 0.25) is 0 Å². The van der Waals surface area contributed by atoms with E-state index in [0.29, 0.717) is 30.2 Å². The van der Waals surface area contributed by atoms with Crippen LogP contribution in [-0.4, -0.2) is 34.4 Å². The molecule has 0 unspecified atom stereocenters. The predicted molar refractivity (Wildman–Crippen MR) is 79.1 cm³/mol. The topological polar surface area (TPSA) is 107 Å². The molecular weight excluding hydrogens is 296 g/mol. The van der Waals surface area contributed by atoms with Gasteiger partial charge >= 0.3 is 0 Å². The molecule has 0 spiro atoms. The molecule has 0 aliphatic carbocycles. The zero-order chi connectivity index (χ0) is 15.2. The lowest BCUT2D eigenvalue weighted by Crippen LogP contribution is -2.14. The average Bonchev–Trinajstić information content (AvgIpc) is 2.91. The number of aromatic nitrogens is 3. The molecule has 4 N–H and O–H groups in total. The Labute approximate surface area is 126 Å². The van der Waals surface area contributed by atoms with Gasteiger partial charge in [0.15, 0.2) is 0 Å². The summed E-state index contributed by atoms with van der Waals surface area (Å²) in [5.41, 5.74) is 3.26. The smallest absolute Gasteiger partial charge is 0.255 e. The number of nitrogens with zero attached hydrogens (tertiary/aromatic N) is 3. The first-order valence-corrected chi connectivity index (χ1v) is 6.47. The first-order chi connectivity index (χ1) is 10.1. The summed E-state index contributed by atoms with van der Waals surface area (Å²) in [6, 6.07) is 2.95. The predicted octanol–water partition coefficient (Wildman–Crippen LogP) is 1.12. The van der Waals surface area contributed by atoms with Gasteiger partial charge in [-0.2, -0.15) is 5.10 Å². The highest BCUT2D eigenvalue weighted by Crippen LogP contribution is 2.15. The first-order valence-electron chi connectivity index (χ1n) is 6.09. The highest BCUT2D eigenvalue weighted by molar-refractivity contribution is 6.30. The number of nitrogens with one attached hydrogen (secondary N) is 2. The second-order valence-electron chi connectivity index (χ2n) is 4.15. The number of halogens is 1. The van der Waals surface area contributed by atoms with Crippen LogP contribution in [0.3, 0.4) is 0 Å². The summed E-state index contributed by atoms with van der Waals surface area (Å²) in [5.74, 6) is 5.24. The molecule has 0 radical (unpaired) electrons. The highest BCUT2D eigenvalue weighted by Gasteiger charge is 2.10. The van der Waals surface area contributed by atoms with Crippen LogP contribution in [0.1, 0.15) is 10.4 Å². The molecule has 0 aliphatic rings. The van der Waals surface area contributed by atoms with E-state index in [1.165, 1.54) is 12.1 Å². The number of ether oxygens (including phenoxy) is 1. The van der Waals surface area contributed by atoms with E-state index >= 15 is 0 Å². The maximum atomic E-state index is 12.1. The fraction of sp³-hybridized carbons (Fsp3) is 0.250. The Bertz CT molecular complexity index is 630. The number of amides is 1. The number of anilines is 2. The number of hydrogen-bond donors (Lipinski definition) is 3. The van der Waals surface area contributed by atoms with Crippen LogP contribution in [0, 0.1) is 0 Å². The van der Waals surface area contributed by atoms with Crippen molar-refractivity contribution >= 4 is 29.0 Å². The Morgan fingerprint density at radius 3 is 3.05 bits per heavy atom. The molecule has 2 aromatic rings. The summed E-state index contributed by atoms with van der Waals surface area (Å²) in [6.45, 7) is 1.15. The van der Waals surface area contributed by atoms with Crippen LogP contribution in [0.4, 0.5) is 11.5 Å². The Morgan fingerprint density at radius 1 is 1.52 bits per heavy atom. The third-order valence-corrected chi connectivity index (χ3v) is 2.81. The van der Waals surface area contributed by atoms with Crippen LogP contribution in [0.25, 0.3) is 0 Å². The second-order valence-corrected chi connectivity index (χ2v) is 4.53. The van der Waals surface area contributed by atoms with Crippen molar-refractivity contribution in [2.75, 3.05) is 24.5 Å². The standard InChI is InChI=1S/C12H15ClN6O2/c1-21-3-2-19-7-9(6-15-19)16-12(20)8-4-10(13)17-11(5-8)18-14/h4-7H,2-3,14H2,1H3,(H,16,20)(H,17,18). The van der Waals surface area contributed by atoms with E-state index < -0.39 is 0 Å². The van der Waals surface area contributed by atoms with Crippen molar-refractivity contribution in [2.24, 2.45) is 5.84 Å². The Hall–Kier alpha value is -2.16. The lowest BCUT2D eigenvalue weighted by atomic mass is 10.2. The van der Waals surface area contributed by atoms with E-state index in [0.717, 1.165) is 0 Å². The molecule has 0 atom stereocenters. The SMILES string of the molecule is COCCn1cc(NC(=O)c2cc(Cl)nc(NN)c2)cn1. The van der Waals surface area contributed by atoms with Crippen molar-refractivity contribution in [3.63, 3.8) is 0 Å². The van der Waals surface area contributed by atoms with Gasteiger partial charge < -0.3 is 15.5 Å². The normalized spacial score (nSPS) is 10.4. The second kappa shape index (κ2) is 7.02. The van der Waals surface area contributed by atoms with Crippen molar-refractivity contribution in [1.82, 2.24) is 14.8 Å². The van der Waals surface area contributed by atoms with E-state index in [1.54, 1.807) is 24.2 Å². The van der Waals surface area contributed by atoms with E-state index in [2.05, 4.69) is 20.8 Å². The van der Waals surface area contributed by atoms with Gasteiger partial charge in [0.25, 0.3) is 5.91 Å². The number of nitrogens with two attached hydrogens (primary N) is 1. The third kappa shape index (κ3) is 4.15. The van der Waals surface area contributed by atoms with Crippen LogP contribution in [-0.2, 0) is 11.3 Å². The summed E-state index contributed by atoms with van der Waals surface area (Å²) in [7, 11) is 1.61. The molecule has 2 rings (SSSR count). The number of carbonyl (C=O) groups is 1. The molecule has 1 amide bonds. The summed E-state index contributed by atoms with van der Waals surface area (Å²) >= 11 is 5.82. The minimum Gasteiger partial charge on any atom is -0.383 e. The molecule has 0 bridgehead atoms. The minimum atomic E-state index is -0.331. The fourth-order valence-corrected chi connectivity index (χ4v) is 1.85. The molecule has 0 aliphatic heterocycles. The molecule has 0 saturated heterocycles. The van der Waals surface area contributed by atoms with Gasteiger partial charge in [-0.05, 0) is 12.1 Å². The zero-order valence-electron chi connectivity index (χ0n) is 11.3. The van der Waals surface area contributed by atoms with Crippen molar-refractivity contribution < 1.29 is 9.53 Å². The molecule has 0 aromatic carbocycles. The number of carbonyl (C=O) groups excluding carboxylic acids is 1. The number of rotatable bonds is 6. The number of nitrogen functional groups attached to an aromatic ring is 1. The summed E-state index contributed by atoms with van der Waals surface area (Å²) in [5, 5.41) is 6.99. The van der Waals surface area contributed by atoms with E-state index in [4.69, 9.17) is 22.2 Å². The number of hydrogen-bond acceptors (Lipinski definition) is 6. The van der Waals surface area contributed by atoms with Crippen LogP contribution in [0.2, 0.25) is 5.15 Å². The molecule has 9 heteroatoms. The Morgan fingerprint density at radius 2 is 2.33 bits per heavy atom. The lowest BCUT2D eigenvalue weighted by Gasteiger charge is -2.05. The first kappa shape index (κ1) is 15.2. The maximum absolute atomic E-state index is 12.1. The van der Waals surface area contributed by atoms with Crippen molar-refractivity contribution in [2.45, 2.75) is 6.54 Å². The fourth-order valence-electron chi connectivity index (χ4n) is 1.64. The van der Waals surface area contributed by atoms with Crippen molar-refractivity contribution in [3.05, 3.63) is 35.2 Å². The zero-order valence-corrected chi connectivity index (χ0v) is 12.1. The lowest BCUT2D eigenvalue weighted by molar-refractivity contribution is 0.102. The van der Waals surface area contributed by atoms with Gasteiger partial charge in [0.1, 0.15) is 11.0 Å². The summed E-state index contributed by atoms with van der Waals surface area (Å²) in [6.07, 6.45) is 3.26. The van der Waals surface area contributed by atoms with Gasteiger partial charge in [-0.1, -0.05) is 11.6 Å². The van der Waals surface area contributed by atoms with Gasteiger partial charge in [-0.25, -0.2) is 10.8 Å². The number of hydrazine groups is 1. The molecule has 0 saturated carbocycles. The number of pyridine rings is 1. The minimum absolute atomic E-state index is 0.173. The van der Waals surface area contributed by atoms with Crippen LogP contribution >= 0.6 is 11.6 Å². The van der Waals surface area contributed by atoms with Crippen molar-refractivity contribution in [3.8, 4) is 0 Å². The molecule has 0 fully saturated rings. The van der Waals surface area contributed by atoms with Gasteiger partial charge in [-0.3, -0.25) is 9.48 Å². The quantitative estimate of drug-likeness (QED) is 0.419. The van der Waals surface area contributed by atoms with E-state index in [1.807, 2.05) is 0 Å². The average molecular weight is 311 g/mol. The largest absolute Gasteiger partial charge is 0.383 e.